The maximum absolute atomic E-state index is 12.9. The summed E-state index contributed by atoms with van der Waals surface area (Å²) in [6, 6.07) is 0. The van der Waals surface area contributed by atoms with Crippen LogP contribution in [0.15, 0.2) is 24.3 Å². The Morgan fingerprint density at radius 1 is 0.309 bits per heavy atom. The highest BCUT2D eigenvalue weighted by molar-refractivity contribution is 5.70. The van der Waals surface area contributed by atoms with Crippen LogP contribution in [0.3, 0.4) is 0 Å². The van der Waals surface area contributed by atoms with Gasteiger partial charge < -0.3 is 14.2 Å². The molecule has 0 spiro atoms. The van der Waals surface area contributed by atoms with Crippen molar-refractivity contribution in [3.63, 3.8) is 0 Å². The summed E-state index contributed by atoms with van der Waals surface area (Å²) < 4.78 is 17.5. The minimum Gasteiger partial charge on any atom is -0.462 e. The lowest BCUT2D eigenvalue weighted by Crippen LogP contribution is -2.30. The summed E-state index contributed by atoms with van der Waals surface area (Å²) in [4.78, 5) is 25.6. The summed E-state index contributed by atoms with van der Waals surface area (Å²) in [5, 5.41) is 0. The summed E-state index contributed by atoms with van der Waals surface area (Å²) >= 11 is 0. The van der Waals surface area contributed by atoms with Crippen molar-refractivity contribution in [3.05, 3.63) is 24.3 Å². The van der Waals surface area contributed by atoms with Gasteiger partial charge in [0.2, 0.25) is 0 Å². The van der Waals surface area contributed by atoms with E-state index in [9.17, 15) is 9.59 Å². The zero-order valence-electron chi connectivity index (χ0n) is 46.4. The normalized spacial score (nSPS) is 12.2. The Morgan fingerprint density at radius 3 is 0.897 bits per heavy atom. The lowest BCUT2D eigenvalue weighted by atomic mass is 10.0. The van der Waals surface area contributed by atoms with Crippen LogP contribution in [0.2, 0.25) is 0 Å². The van der Waals surface area contributed by atoms with Gasteiger partial charge in [-0.2, -0.15) is 0 Å². The van der Waals surface area contributed by atoms with Crippen LogP contribution in [0.1, 0.15) is 342 Å². The average molecular weight is 958 g/mol. The molecule has 0 saturated carbocycles. The van der Waals surface area contributed by atoms with Gasteiger partial charge in [0.05, 0.1) is 6.61 Å². The Hall–Kier alpha value is -1.62. The van der Waals surface area contributed by atoms with Gasteiger partial charge in [0.25, 0.3) is 0 Å². The lowest BCUT2D eigenvalue weighted by molar-refractivity contribution is -0.163. The topological polar surface area (TPSA) is 61.8 Å². The van der Waals surface area contributed by atoms with Gasteiger partial charge in [0.15, 0.2) is 6.10 Å². The molecule has 0 saturated heterocycles. The van der Waals surface area contributed by atoms with E-state index in [-0.39, 0.29) is 18.5 Å². The fourth-order valence-electron chi connectivity index (χ4n) is 9.33. The van der Waals surface area contributed by atoms with E-state index in [1.54, 1.807) is 0 Å². The minimum absolute atomic E-state index is 0.0892. The van der Waals surface area contributed by atoms with Crippen molar-refractivity contribution in [2.45, 2.75) is 348 Å². The summed E-state index contributed by atoms with van der Waals surface area (Å²) in [6.07, 6.45) is 72.0. The second-order valence-corrected chi connectivity index (χ2v) is 21.0. The number of esters is 2. The largest absolute Gasteiger partial charge is 0.462 e. The zero-order valence-corrected chi connectivity index (χ0v) is 46.4. The van der Waals surface area contributed by atoms with Gasteiger partial charge in [-0.3, -0.25) is 9.59 Å². The van der Waals surface area contributed by atoms with Crippen molar-refractivity contribution in [2.24, 2.45) is 0 Å². The van der Waals surface area contributed by atoms with Gasteiger partial charge in [-0.15, -0.1) is 0 Å². The van der Waals surface area contributed by atoms with Crippen LogP contribution in [-0.2, 0) is 23.8 Å². The molecule has 0 aliphatic carbocycles. The quantitative estimate of drug-likeness (QED) is 0.0345. The van der Waals surface area contributed by atoms with Crippen LogP contribution in [0.5, 0.6) is 0 Å². The summed E-state index contributed by atoms with van der Waals surface area (Å²) in [5.41, 5.74) is 0. The Kier molecular flexibility index (Phi) is 58.3. The van der Waals surface area contributed by atoms with Crippen molar-refractivity contribution in [3.8, 4) is 0 Å². The highest BCUT2D eigenvalue weighted by Crippen LogP contribution is 2.17. The molecule has 0 N–H and O–H groups in total. The summed E-state index contributed by atoms with van der Waals surface area (Å²) in [6.45, 7) is 7.89. The molecule has 68 heavy (non-hydrogen) atoms. The van der Waals surface area contributed by atoms with Crippen molar-refractivity contribution in [1.29, 1.82) is 0 Å². The first kappa shape index (κ1) is 66.4. The minimum atomic E-state index is -0.534. The van der Waals surface area contributed by atoms with E-state index in [1.807, 2.05) is 0 Å². The molecule has 0 heterocycles. The van der Waals surface area contributed by atoms with Gasteiger partial charge in [-0.1, -0.05) is 283 Å². The Labute approximate surface area is 426 Å². The van der Waals surface area contributed by atoms with Crippen LogP contribution in [0.4, 0.5) is 0 Å². The molecule has 0 amide bonds. The summed E-state index contributed by atoms with van der Waals surface area (Å²) in [7, 11) is 0. The summed E-state index contributed by atoms with van der Waals surface area (Å²) in [5.74, 6) is -0.379. The number of carbonyl (C=O) groups is 2. The molecule has 0 bridgehead atoms. The van der Waals surface area contributed by atoms with E-state index in [4.69, 9.17) is 14.2 Å². The standard InChI is InChI=1S/C63H120O5/c1-4-7-10-13-16-19-22-25-28-31-34-37-40-43-46-49-52-55-58-66-59-61(68-63(65)57-54-51-48-45-42-39-36-33-30-27-24-21-18-15-12-9-6-3)60-67-62(64)56-53-50-47-44-41-38-35-32-29-26-23-20-17-14-11-8-5-2/h25-26,28-29,61H,4-24,27,30-60H2,1-3H3/b28-25-,29-26-. The number of carbonyl (C=O) groups excluding carboxylic acids is 2. The number of hydrogen-bond acceptors (Lipinski definition) is 5. The van der Waals surface area contributed by atoms with Crippen molar-refractivity contribution < 1.29 is 23.8 Å². The van der Waals surface area contributed by atoms with Crippen LogP contribution >= 0.6 is 0 Å². The number of rotatable bonds is 58. The van der Waals surface area contributed by atoms with E-state index in [2.05, 4.69) is 45.1 Å². The maximum Gasteiger partial charge on any atom is 0.306 e. The van der Waals surface area contributed by atoms with Crippen LogP contribution < -0.4 is 0 Å². The van der Waals surface area contributed by atoms with Crippen LogP contribution in [0.25, 0.3) is 0 Å². The van der Waals surface area contributed by atoms with Gasteiger partial charge in [0.1, 0.15) is 6.61 Å². The smallest absolute Gasteiger partial charge is 0.306 e. The predicted molar refractivity (Wildman–Crippen MR) is 298 cm³/mol. The molecule has 5 nitrogen and oxygen atoms in total. The fourth-order valence-corrected chi connectivity index (χ4v) is 9.33. The molecule has 0 rings (SSSR count). The predicted octanol–water partition coefficient (Wildman–Crippen LogP) is 21.1. The van der Waals surface area contributed by atoms with E-state index >= 15 is 0 Å². The van der Waals surface area contributed by atoms with E-state index in [1.165, 1.54) is 270 Å². The van der Waals surface area contributed by atoms with Gasteiger partial charge in [-0.05, 0) is 70.6 Å². The second kappa shape index (κ2) is 59.7. The molecule has 0 aliphatic heterocycles. The first-order chi connectivity index (χ1) is 33.6. The Morgan fingerprint density at radius 2 is 0.574 bits per heavy atom. The average Bonchev–Trinajstić information content (AvgIpc) is 3.34. The third-order valence-electron chi connectivity index (χ3n) is 14.0. The molecule has 1 unspecified atom stereocenters. The number of ether oxygens (including phenoxy) is 3. The van der Waals surface area contributed by atoms with E-state index in [0.717, 1.165) is 38.5 Å². The van der Waals surface area contributed by atoms with E-state index in [0.29, 0.717) is 26.1 Å². The highest BCUT2D eigenvalue weighted by atomic mass is 16.6. The van der Waals surface area contributed by atoms with Gasteiger partial charge in [0, 0.05) is 19.4 Å². The van der Waals surface area contributed by atoms with Crippen LogP contribution in [-0.4, -0.2) is 37.9 Å². The fraction of sp³-hybridized carbons (Fsp3) is 0.905. The van der Waals surface area contributed by atoms with Gasteiger partial charge in [-0.25, -0.2) is 0 Å². The third kappa shape index (κ3) is 57.0. The molecule has 1 atom stereocenters. The zero-order chi connectivity index (χ0) is 49.2. The van der Waals surface area contributed by atoms with Crippen molar-refractivity contribution >= 4 is 11.9 Å². The lowest BCUT2D eigenvalue weighted by Gasteiger charge is -2.18. The highest BCUT2D eigenvalue weighted by Gasteiger charge is 2.18. The number of allylic oxidation sites excluding steroid dienone is 4. The molecule has 402 valence electrons. The SMILES string of the molecule is CCCCCCCC/C=C\CCCCCCCCCCOCC(COC(=O)CCCCCCCCC/C=C\CCCCCCCC)OC(=O)CCCCCCCCCCCCCCCCCCC. The third-order valence-corrected chi connectivity index (χ3v) is 14.0. The molecule has 0 fully saturated rings. The molecule has 0 aromatic rings. The first-order valence-corrected chi connectivity index (χ1v) is 30.9. The molecular formula is C63H120O5. The molecule has 0 aliphatic rings. The molecule has 0 aromatic carbocycles. The molecular weight excluding hydrogens is 837 g/mol. The molecule has 0 radical (unpaired) electrons. The molecule has 5 heteroatoms. The Bertz CT molecular complexity index is 1040. The Balaban J connectivity index is 4.23. The maximum atomic E-state index is 12.9. The second-order valence-electron chi connectivity index (χ2n) is 21.0. The monoisotopic (exact) mass is 957 g/mol. The molecule has 0 aromatic heterocycles. The van der Waals surface area contributed by atoms with Gasteiger partial charge >= 0.3 is 11.9 Å². The number of unbranched alkanes of at least 4 members (excludes halogenated alkanes) is 43. The number of hydrogen-bond donors (Lipinski definition) is 0. The first-order valence-electron chi connectivity index (χ1n) is 30.9. The van der Waals surface area contributed by atoms with Crippen molar-refractivity contribution in [1.82, 2.24) is 0 Å². The van der Waals surface area contributed by atoms with Crippen molar-refractivity contribution in [2.75, 3.05) is 19.8 Å². The van der Waals surface area contributed by atoms with Crippen LogP contribution in [0, 0.1) is 0 Å². The van der Waals surface area contributed by atoms with E-state index < -0.39 is 6.10 Å².